The second-order valence-corrected chi connectivity index (χ2v) is 3.65. The molecule has 1 heterocycles. The van der Waals surface area contributed by atoms with Crippen molar-refractivity contribution in [2.24, 2.45) is 5.73 Å². The number of nitrogens with two attached hydrogens (primary N) is 1. The van der Waals surface area contributed by atoms with Gasteiger partial charge in [-0.15, -0.1) is 0 Å². The van der Waals surface area contributed by atoms with Gasteiger partial charge in [-0.05, 0) is 13.5 Å². The molecule has 0 bridgehead atoms. The van der Waals surface area contributed by atoms with Crippen molar-refractivity contribution in [2.75, 3.05) is 33.9 Å². The topological polar surface area (TPSA) is 58.7 Å². The zero-order chi connectivity index (χ0) is 9.19. The van der Waals surface area contributed by atoms with Crippen LogP contribution in [-0.4, -0.2) is 55.5 Å². The van der Waals surface area contributed by atoms with Crippen LogP contribution in [0.15, 0.2) is 0 Å². The standard InChI is InChI=1S/C8H18N2O2/c1-10-4-3-8(11,6-10)7(9)5-12-2/h7,11H,3-6,9H2,1-2H3. The number of nitrogens with zero attached hydrogens (tertiary/aromatic N) is 1. The van der Waals surface area contributed by atoms with Crippen molar-refractivity contribution < 1.29 is 9.84 Å². The average Bonchev–Trinajstić information content (AvgIpc) is 2.33. The van der Waals surface area contributed by atoms with Gasteiger partial charge in [0.05, 0.1) is 18.2 Å². The summed E-state index contributed by atoms with van der Waals surface area (Å²) in [5.74, 6) is 0. The zero-order valence-corrected chi connectivity index (χ0v) is 7.79. The minimum absolute atomic E-state index is 0.271. The smallest absolute Gasteiger partial charge is 0.0958 e. The summed E-state index contributed by atoms with van der Waals surface area (Å²) in [5, 5.41) is 10.0. The van der Waals surface area contributed by atoms with Crippen LogP contribution in [0.4, 0.5) is 0 Å². The van der Waals surface area contributed by atoms with E-state index in [0.717, 1.165) is 13.0 Å². The van der Waals surface area contributed by atoms with E-state index in [2.05, 4.69) is 4.90 Å². The van der Waals surface area contributed by atoms with Crippen LogP contribution in [0.2, 0.25) is 0 Å². The maximum Gasteiger partial charge on any atom is 0.0958 e. The minimum Gasteiger partial charge on any atom is -0.387 e. The number of ether oxygens (including phenoxy) is 1. The molecular weight excluding hydrogens is 156 g/mol. The number of hydrogen-bond acceptors (Lipinski definition) is 4. The van der Waals surface area contributed by atoms with E-state index in [4.69, 9.17) is 10.5 Å². The van der Waals surface area contributed by atoms with E-state index in [1.54, 1.807) is 7.11 Å². The van der Waals surface area contributed by atoms with Gasteiger partial charge in [0.2, 0.25) is 0 Å². The van der Waals surface area contributed by atoms with E-state index in [9.17, 15) is 5.11 Å². The molecule has 0 aliphatic carbocycles. The monoisotopic (exact) mass is 174 g/mol. The Bertz CT molecular complexity index is 154. The molecule has 0 radical (unpaired) electrons. The first-order valence-corrected chi connectivity index (χ1v) is 4.24. The molecular formula is C8H18N2O2. The van der Waals surface area contributed by atoms with E-state index in [-0.39, 0.29) is 6.04 Å². The molecule has 0 aromatic heterocycles. The van der Waals surface area contributed by atoms with Crippen LogP contribution in [0.25, 0.3) is 0 Å². The van der Waals surface area contributed by atoms with Gasteiger partial charge in [0.15, 0.2) is 0 Å². The van der Waals surface area contributed by atoms with E-state index in [0.29, 0.717) is 13.2 Å². The molecule has 1 fully saturated rings. The predicted molar refractivity (Wildman–Crippen MR) is 46.9 cm³/mol. The third-order valence-electron chi connectivity index (χ3n) is 2.51. The molecule has 1 aliphatic rings. The summed E-state index contributed by atoms with van der Waals surface area (Å²) < 4.78 is 4.91. The van der Waals surface area contributed by atoms with Crippen molar-refractivity contribution in [1.82, 2.24) is 4.90 Å². The second kappa shape index (κ2) is 3.70. The van der Waals surface area contributed by atoms with E-state index >= 15 is 0 Å². The summed E-state index contributed by atoms with van der Waals surface area (Å²) in [4.78, 5) is 2.08. The number of aliphatic hydroxyl groups is 1. The predicted octanol–water partition coefficient (Wildman–Crippen LogP) is -0.973. The Morgan fingerprint density at radius 1 is 1.75 bits per heavy atom. The quantitative estimate of drug-likeness (QED) is 0.578. The molecule has 3 N–H and O–H groups in total. The fraction of sp³-hybridized carbons (Fsp3) is 1.00. The zero-order valence-electron chi connectivity index (χ0n) is 7.79. The van der Waals surface area contributed by atoms with Crippen molar-refractivity contribution >= 4 is 0 Å². The summed E-state index contributed by atoms with van der Waals surface area (Å²) in [6.45, 7) is 1.98. The molecule has 12 heavy (non-hydrogen) atoms. The van der Waals surface area contributed by atoms with Crippen molar-refractivity contribution in [2.45, 2.75) is 18.1 Å². The van der Waals surface area contributed by atoms with Crippen molar-refractivity contribution in [3.63, 3.8) is 0 Å². The van der Waals surface area contributed by atoms with Crippen LogP contribution in [0.3, 0.4) is 0 Å². The Balaban J connectivity index is 2.48. The fourth-order valence-corrected chi connectivity index (χ4v) is 1.65. The number of methoxy groups -OCH3 is 1. The average molecular weight is 174 g/mol. The third kappa shape index (κ3) is 1.95. The first-order chi connectivity index (χ1) is 5.58. The molecule has 1 rings (SSSR count). The molecule has 0 spiro atoms. The van der Waals surface area contributed by atoms with Gasteiger partial charge in [-0.25, -0.2) is 0 Å². The molecule has 2 atom stereocenters. The van der Waals surface area contributed by atoms with Gasteiger partial charge >= 0.3 is 0 Å². The maximum atomic E-state index is 10.0. The molecule has 72 valence electrons. The van der Waals surface area contributed by atoms with E-state index in [1.807, 2.05) is 7.05 Å². The SMILES string of the molecule is COCC(N)C1(O)CCN(C)C1. The van der Waals surface area contributed by atoms with Crippen molar-refractivity contribution in [1.29, 1.82) is 0 Å². The minimum atomic E-state index is -0.745. The molecule has 1 saturated heterocycles. The Labute approximate surface area is 73.3 Å². The number of likely N-dealkylation sites (tertiary alicyclic amines) is 1. The summed E-state index contributed by atoms with van der Waals surface area (Å²) in [6, 6.07) is -0.271. The van der Waals surface area contributed by atoms with Crippen molar-refractivity contribution in [3.05, 3.63) is 0 Å². The van der Waals surface area contributed by atoms with Gasteiger partial charge in [-0.2, -0.15) is 0 Å². The van der Waals surface area contributed by atoms with E-state index in [1.165, 1.54) is 0 Å². The second-order valence-electron chi connectivity index (χ2n) is 3.65. The van der Waals surface area contributed by atoms with Gasteiger partial charge in [0, 0.05) is 20.2 Å². The fourth-order valence-electron chi connectivity index (χ4n) is 1.65. The number of hydrogen-bond donors (Lipinski definition) is 2. The molecule has 0 saturated carbocycles. The molecule has 0 aromatic carbocycles. The van der Waals surface area contributed by atoms with E-state index < -0.39 is 5.60 Å². The van der Waals surface area contributed by atoms with Gasteiger partial charge in [0.1, 0.15) is 0 Å². The normalized spacial score (nSPS) is 34.0. The molecule has 1 aliphatic heterocycles. The van der Waals surface area contributed by atoms with Crippen LogP contribution in [0.1, 0.15) is 6.42 Å². The number of rotatable bonds is 3. The Hall–Kier alpha value is -0.160. The highest BCUT2D eigenvalue weighted by atomic mass is 16.5. The number of β-amino-alcohol motifs (C(OH)–C–C–N with tert-alkyl or cyclic N) is 1. The van der Waals surface area contributed by atoms with Gasteiger partial charge in [-0.3, -0.25) is 0 Å². The molecule has 2 unspecified atom stereocenters. The third-order valence-corrected chi connectivity index (χ3v) is 2.51. The highest BCUT2D eigenvalue weighted by molar-refractivity contribution is 4.96. The van der Waals surface area contributed by atoms with Crippen LogP contribution in [0.5, 0.6) is 0 Å². The van der Waals surface area contributed by atoms with Crippen LogP contribution >= 0.6 is 0 Å². The lowest BCUT2D eigenvalue weighted by molar-refractivity contribution is -0.00121. The highest BCUT2D eigenvalue weighted by Crippen LogP contribution is 2.22. The lowest BCUT2D eigenvalue weighted by Crippen LogP contribution is -2.52. The van der Waals surface area contributed by atoms with Gasteiger partial charge < -0.3 is 20.5 Å². The van der Waals surface area contributed by atoms with Crippen LogP contribution < -0.4 is 5.73 Å². The lowest BCUT2D eigenvalue weighted by atomic mass is 9.94. The first-order valence-electron chi connectivity index (χ1n) is 4.24. The first kappa shape index (κ1) is 9.92. The highest BCUT2D eigenvalue weighted by Gasteiger charge is 2.39. The van der Waals surface area contributed by atoms with Crippen LogP contribution in [0, 0.1) is 0 Å². The number of likely N-dealkylation sites (N-methyl/N-ethyl adjacent to an activating group) is 1. The van der Waals surface area contributed by atoms with Gasteiger partial charge in [-0.1, -0.05) is 0 Å². The summed E-state index contributed by atoms with van der Waals surface area (Å²) in [6.07, 6.45) is 0.744. The Morgan fingerprint density at radius 3 is 2.83 bits per heavy atom. The molecule has 4 nitrogen and oxygen atoms in total. The lowest BCUT2D eigenvalue weighted by Gasteiger charge is -2.28. The Kier molecular flexibility index (Phi) is 3.06. The summed E-state index contributed by atoms with van der Waals surface area (Å²) in [7, 11) is 3.58. The van der Waals surface area contributed by atoms with Gasteiger partial charge in [0.25, 0.3) is 0 Å². The maximum absolute atomic E-state index is 10.0. The Morgan fingerprint density at radius 2 is 2.42 bits per heavy atom. The molecule has 0 aromatic rings. The summed E-state index contributed by atoms with van der Waals surface area (Å²) in [5.41, 5.74) is 5.04. The molecule has 0 amide bonds. The largest absolute Gasteiger partial charge is 0.387 e. The van der Waals surface area contributed by atoms with Crippen LogP contribution in [-0.2, 0) is 4.74 Å². The van der Waals surface area contributed by atoms with Crippen molar-refractivity contribution in [3.8, 4) is 0 Å². The molecule has 4 heteroatoms. The summed E-state index contributed by atoms with van der Waals surface area (Å²) >= 11 is 0.